The van der Waals surface area contributed by atoms with Crippen LogP contribution in [0.25, 0.3) is 33.1 Å². The molecule has 31 heavy (non-hydrogen) atoms. The molecule has 1 N–H and O–H groups in total. The summed E-state index contributed by atoms with van der Waals surface area (Å²) in [5, 5.41) is 12.2. The molecule has 158 valence electrons. The lowest BCUT2D eigenvalue weighted by Gasteiger charge is -2.27. The van der Waals surface area contributed by atoms with Gasteiger partial charge in [-0.3, -0.25) is 4.90 Å². The number of halogens is 1. The first kappa shape index (κ1) is 19.8. The minimum Gasteiger partial charge on any atom is -0.507 e. The third kappa shape index (κ3) is 3.72. The van der Waals surface area contributed by atoms with Crippen molar-refractivity contribution in [3.05, 3.63) is 73.9 Å². The van der Waals surface area contributed by atoms with Gasteiger partial charge in [-0.25, -0.2) is 9.59 Å². The lowest BCUT2D eigenvalue weighted by atomic mass is 9.99. The number of aromatic hydroxyl groups is 1. The van der Waals surface area contributed by atoms with E-state index in [1.165, 1.54) is 6.07 Å². The largest absolute Gasteiger partial charge is 0.507 e. The highest BCUT2D eigenvalue weighted by Crippen LogP contribution is 2.34. The Hall–Kier alpha value is -3.13. The number of nitrogens with zero attached hydrogens (tertiary/aromatic N) is 1. The number of benzene rings is 2. The fourth-order valence-electron chi connectivity index (χ4n) is 3.91. The Balaban J connectivity index is 1.72. The lowest BCUT2D eigenvalue weighted by molar-refractivity contribution is 0.0339. The minimum atomic E-state index is -0.623. The highest BCUT2D eigenvalue weighted by Gasteiger charge is 2.20. The zero-order chi connectivity index (χ0) is 21.5. The normalized spacial score (nSPS) is 15.0. The molecule has 1 aliphatic heterocycles. The highest BCUT2D eigenvalue weighted by atomic mass is 35.5. The molecule has 4 aromatic rings. The van der Waals surface area contributed by atoms with Crippen molar-refractivity contribution in [2.75, 3.05) is 26.3 Å². The molecule has 0 saturated carbocycles. The van der Waals surface area contributed by atoms with Crippen LogP contribution in [0, 0.1) is 0 Å². The Bertz CT molecular complexity index is 1420. The Labute approximate surface area is 181 Å². The second kappa shape index (κ2) is 7.85. The Morgan fingerprint density at radius 3 is 2.58 bits per heavy atom. The molecule has 0 amide bonds. The van der Waals surface area contributed by atoms with Gasteiger partial charge in [0, 0.05) is 47.1 Å². The van der Waals surface area contributed by atoms with Gasteiger partial charge in [-0.1, -0.05) is 11.6 Å². The second-order valence-electron chi connectivity index (χ2n) is 7.44. The average molecular weight is 440 g/mol. The first-order chi connectivity index (χ1) is 15.0. The summed E-state index contributed by atoms with van der Waals surface area (Å²) in [6, 6.07) is 11.0. The van der Waals surface area contributed by atoms with Gasteiger partial charge < -0.3 is 18.7 Å². The molecule has 0 atom stereocenters. The van der Waals surface area contributed by atoms with Gasteiger partial charge in [-0.2, -0.15) is 0 Å². The van der Waals surface area contributed by atoms with E-state index < -0.39 is 11.3 Å². The lowest BCUT2D eigenvalue weighted by Crippen LogP contribution is -2.35. The number of hydrogen-bond acceptors (Lipinski definition) is 7. The van der Waals surface area contributed by atoms with Crippen LogP contribution < -0.4 is 11.3 Å². The number of hydrogen-bond donors (Lipinski definition) is 1. The van der Waals surface area contributed by atoms with Gasteiger partial charge in [0.25, 0.3) is 0 Å². The minimum absolute atomic E-state index is 0.0246. The van der Waals surface area contributed by atoms with Crippen LogP contribution >= 0.6 is 11.6 Å². The van der Waals surface area contributed by atoms with Crippen molar-refractivity contribution in [1.29, 1.82) is 0 Å². The zero-order valence-corrected chi connectivity index (χ0v) is 17.1. The van der Waals surface area contributed by atoms with E-state index in [9.17, 15) is 14.7 Å². The molecule has 0 bridgehead atoms. The van der Waals surface area contributed by atoms with Crippen molar-refractivity contribution in [1.82, 2.24) is 4.90 Å². The third-order valence-electron chi connectivity index (χ3n) is 5.46. The van der Waals surface area contributed by atoms with Gasteiger partial charge in [0.2, 0.25) is 0 Å². The van der Waals surface area contributed by atoms with Crippen LogP contribution in [0.3, 0.4) is 0 Å². The van der Waals surface area contributed by atoms with Gasteiger partial charge in [-0.05, 0) is 36.4 Å². The summed E-state index contributed by atoms with van der Waals surface area (Å²) in [6.45, 7) is 2.99. The summed E-state index contributed by atoms with van der Waals surface area (Å²) in [7, 11) is 0. The molecule has 2 aromatic carbocycles. The quantitative estimate of drug-likeness (QED) is 0.486. The van der Waals surface area contributed by atoms with Gasteiger partial charge >= 0.3 is 11.3 Å². The van der Waals surface area contributed by atoms with Crippen LogP contribution in [0.4, 0.5) is 0 Å². The Kier molecular flexibility index (Phi) is 5.02. The number of phenols is 1. The molecule has 3 heterocycles. The maximum Gasteiger partial charge on any atom is 0.344 e. The van der Waals surface area contributed by atoms with E-state index >= 15 is 0 Å². The number of morpholine rings is 1. The molecule has 0 spiro atoms. The average Bonchev–Trinajstić information content (AvgIpc) is 2.76. The number of phenolic OH excluding ortho intramolecular Hbond substituents is 1. The zero-order valence-electron chi connectivity index (χ0n) is 16.4. The van der Waals surface area contributed by atoms with E-state index in [1.54, 1.807) is 36.4 Å². The summed E-state index contributed by atoms with van der Waals surface area (Å²) in [4.78, 5) is 27.3. The summed E-state index contributed by atoms with van der Waals surface area (Å²) >= 11 is 6.08. The van der Waals surface area contributed by atoms with Gasteiger partial charge in [-0.15, -0.1) is 0 Å². The number of rotatable bonds is 3. The molecule has 2 aromatic heterocycles. The first-order valence-electron chi connectivity index (χ1n) is 9.82. The number of fused-ring (bicyclic) bond motifs is 2. The van der Waals surface area contributed by atoms with Crippen LogP contribution in [0.15, 0.2) is 60.9 Å². The predicted octanol–water partition coefficient (Wildman–Crippen LogP) is 3.76. The van der Waals surface area contributed by atoms with Crippen LogP contribution in [-0.2, 0) is 11.3 Å². The maximum absolute atomic E-state index is 12.7. The fraction of sp³-hybridized carbons (Fsp3) is 0.217. The molecule has 5 rings (SSSR count). The summed E-state index contributed by atoms with van der Waals surface area (Å²) in [5.41, 5.74) is 0.537. The molecule has 0 radical (unpaired) electrons. The first-order valence-corrected chi connectivity index (χ1v) is 10.2. The standard InChI is InChI=1S/C23H18ClNO6/c24-14-1-4-20-13(9-14)10-17(23(28)30-20)16-11-21(27)31-22-15(16)2-3-19(26)18(22)12-25-5-7-29-8-6-25/h1-4,9-11,26H,5-8,12H2. The van der Waals surface area contributed by atoms with E-state index in [0.29, 0.717) is 65.4 Å². The predicted molar refractivity (Wildman–Crippen MR) is 117 cm³/mol. The molecule has 7 nitrogen and oxygen atoms in total. The van der Waals surface area contributed by atoms with Crippen LogP contribution in [0.2, 0.25) is 5.02 Å². The van der Waals surface area contributed by atoms with Gasteiger partial charge in [0.05, 0.1) is 24.3 Å². The molecular weight excluding hydrogens is 422 g/mol. The Morgan fingerprint density at radius 2 is 1.77 bits per heavy atom. The van der Waals surface area contributed by atoms with Crippen LogP contribution in [-0.4, -0.2) is 36.3 Å². The van der Waals surface area contributed by atoms with E-state index in [-0.39, 0.29) is 16.9 Å². The molecular formula is C23H18ClNO6. The molecule has 1 saturated heterocycles. The van der Waals surface area contributed by atoms with Crippen molar-refractivity contribution >= 4 is 33.5 Å². The monoisotopic (exact) mass is 439 g/mol. The van der Waals surface area contributed by atoms with Crippen molar-refractivity contribution in [3.63, 3.8) is 0 Å². The summed E-state index contributed by atoms with van der Waals surface area (Å²) in [5.74, 6) is 0.0246. The van der Waals surface area contributed by atoms with Crippen molar-refractivity contribution in [3.8, 4) is 16.9 Å². The van der Waals surface area contributed by atoms with Gasteiger partial charge in [0.15, 0.2) is 0 Å². The third-order valence-corrected chi connectivity index (χ3v) is 5.70. The summed E-state index contributed by atoms with van der Waals surface area (Å²) in [6.07, 6.45) is 0. The van der Waals surface area contributed by atoms with E-state index in [4.69, 9.17) is 25.2 Å². The molecule has 1 fully saturated rings. The number of ether oxygens (including phenoxy) is 1. The van der Waals surface area contributed by atoms with Crippen LogP contribution in [0.5, 0.6) is 5.75 Å². The molecule has 0 aliphatic carbocycles. The molecule has 1 aliphatic rings. The topological polar surface area (TPSA) is 93.1 Å². The summed E-state index contributed by atoms with van der Waals surface area (Å²) < 4.78 is 16.3. The smallest absolute Gasteiger partial charge is 0.344 e. The SMILES string of the molecule is O=c1cc(-c2cc3cc(Cl)ccc3oc2=O)c2ccc(O)c(CN3CCOCC3)c2o1. The molecule has 0 unspecified atom stereocenters. The van der Waals surface area contributed by atoms with E-state index in [0.717, 1.165) is 0 Å². The van der Waals surface area contributed by atoms with E-state index in [1.807, 2.05) is 0 Å². The van der Waals surface area contributed by atoms with E-state index in [2.05, 4.69) is 4.90 Å². The van der Waals surface area contributed by atoms with Gasteiger partial charge in [0.1, 0.15) is 16.9 Å². The van der Waals surface area contributed by atoms with Crippen molar-refractivity contribution < 1.29 is 18.7 Å². The Morgan fingerprint density at radius 1 is 0.968 bits per heavy atom. The second-order valence-corrected chi connectivity index (χ2v) is 7.87. The van der Waals surface area contributed by atoms with Crippen molar-refractivity contribution in [2.24, 2.45) is 0 Å². The highest BCUT2D eigenvalue weighted by molar-refractivity contribution is 6.31. The fourth-order valence-corrected chi connectivity index (χ4v) is 4.09. The molecule has 8 heteroatoms. The maximum atomic E-state index is 12.7. The van der Waals surface area contributed by atoms with Crippen molar-refractivity contribution in [2.45, 2.75) is 6.54 Å². The van der Waals surface area contributed by atoms with Crippen LogP contribution in [0.1, 0.15) is 5.56 Å².